The normalized spacial score (nSPS) is 11.0. The molecular weight excluding hydrogens is 269 g/mol. The third-order valence-corrected chi connectivity index (χ3v) is 3.39. The van der Waals surface area contributed by atoms with Crippen molar-refractivity contribution in [3.8, 4) is 11.1 Å². The maximum Gasteiger partial charge on any atom is 0.154 e. The van der Waals surface area contributed by atoms with Crippen LogP contribution < -0.4 is 0 Å². The largest absolute Gasteiger partial charge is 0.298 e. The topological polar surface area (TPSA) is 47.8 Å². The van der Waals surface area contributed by atoms with Crippen molar-refractivity contribution in [2.45, 2.75) is 19.9 Å². The molecule has 0 amide bonds. The van der Waals surface area contributed by atoms with Crippen LogP contribution in [-0.4, -0.2) is 20.5 Å². The average molecular weight is 283 g/mol. The van der Waals surface area contributed by atoms with E-state index in [1.165, 1.54) is 12.1 Å². The third-order valence-electron chi connectivity index (χ3n) is 3.39. The number of benzene rings is 1. The number of pyridine rings is 1. The molecule has 21 heavy (non-hydrogen) atoms. The number of rotatable bonds is 4. The van der Waals surface area contributed by atoms with Crippen molar-refractivity contribution in [1.29, 1.82) is 0 Å². The second kappa shape index (κ2) is 5.44. The predicted octanol–water partition coefficient (Wildman–Crippen LogP) is 3.22. The number of ketones is 1. The van der Waals surface area contributed by atoms with Crippen molar-refractivity contribution in [2.24, 2.45) is 0 Å². The molecule has 2 heterocycles. The summed E-state index contributed by atoms with van der Waals surface area (Å²) in [4.78, 5) is 15.9. The lowest BCUT2D eigenvalue weighted by atomic mass is 10.1. The van der Waals surface area contributed by atoms with Gasteiger partial charge >= 0.3 is 0 Å². The molecule has 0 aliphatic rings. The number of hydrogen-bond donors (Lipinski definition) is 0. The minimum Gasteiger partial charge on any atom is -0.298 e. The molecule has 1 aromatic carbocycles. The van der Waals surface area contributed by atoms with Gasteiger partial charge in [-0.05, 0) is 23.8 Å². The first-order valence-corrected chi connectivity index (χ1v) is 6.76. The molecule has 4 nitrogen and oxygen atoms in total. The molecule has 5 heteroatoms. The maximum atomic E-state index is 13.0. The van der Waals surface area contributed by atoms with Crippen molar-refractivity contribution in [3.63, 3.8) is 0 Å². The van der Waals surface area contributed by atoms with Crippen LogP contribution >= 0.6 is 0 Å². The summed E-state index contributed by atoms with van der Waals surface area (Å²) in [6, 6.07) is 8.16. The van der Waals surface area contributed by atoms with E-state index in [4.69, 9.17) is 0 Å². The fourth-order valence-electron chi connectivity index (χ4n) is 2.16. The number of nitrogens with zero attached hydrogens (tertiary/aromatic N) is 3. The fourth-order valence-corrected chi connectivity index (χ4v) is 2.16. The van der Waals surface area contributed by atoms with E-state index in [2.05, 4.69) is 10.1 Å². The van der Waals surface area contributed by atoms with Gasteiger partial charge in [-0.25, -0.2) is 4.39 Å². The molecule has 0 bridgehead atoms. The third kappa shape index (κ3) is 2.67. The summed E-state index contributed by atoms with van der Waals surface area (Å²) in [6.45, 7) is 2.07. The Labute approximate surface area is 121 Å². The molecule has 0 fully saturated rings. The van der Waals surface area contributed by atoms with E-state index in [9.17, 15) is 9.18 Å². The second-order valence-electron chi connectivity index (χ2n) is 4.83. The Morgan fingerprint density at radius 1 is 1.19 bits per heavy atom. The van der Waals surface area contributed by atoms with Crippen LogP contribution in [0.1, 0.15) is 13.3 Å². The lowest BCUT2D eigenvalue weighted by Gasteiger charge is -2.04. The first-order valence-electron chi connectivity index (χ1n) is 6.76. The fraction of sp³-hybridized carbons (Fsp3) is 0.188. The van der Waals surface area contributed by atoms with Gasteiger partial charge in [0.1, 0.15) is 17.9 Å². The quantitative estimate of drug-likeness (QED) is 0.738. The van der Waals surface area contributed by atoms with Gasteiger partial charge in [0.2, 0.25) is 0 Å². The highest BCUT2D eigenvalue weighted by atomic mass is 19.1. The second-order valence-corrected chi connectivity index (χ2v) is 4.83. The Bertz CT molecular complexity index is 793. The minimum atomic E-state index is -0.272. The zero-order valence-electron chi connectivity index (χ0n) is 11.6. The zero-order valence-corrected chi connectivity index (χ0v) is 11.6. The molecule has 0 radical (unpaired) electrons. The van der Waals surface area contributed by atoms with Gasteiger partial charge in [0, 0.05) is 18.2 Å². The van der Waals surface area contributed by atoms with Gasteiger partial charge in [0.15, 0.2) is 5.78 Å². The number of Topliss-reactive ketones (excluding diaryl/α,β-unsaturated/α-hetero) is 1. The summed E-state index contributed by atoms with van der Waals surface area (Å²) >= 11 is 0. The van der Waals surface area contributed by atoms with Crippen LogP contribution in [0.4, 0.5) is 4.39 Å². The van der Waals surface area contributed by atoms with Crippen LogP contribution in [0.5, 0.6) is 0 Å². The van der Waals surface area contributed by atoms with Crippen LogP contribution in [0.2, 0.25) is 0 Å². The Morgan fingerprint density at radius 2 is 1.95 bits per heavy atom. The molecular formula is C16H14FN3O. The van der Waals surface area contributed by atoms with E-state index < -0.39 is 0 Å². The predicted molar refractivity (Wildman–Crippen MR) is 78.2 cm³/mol. The zero-order chi connectivity index (χ0) is 14.8. The average Bonchev–Trinajstić information content (AvgIpc) is 2.90. The lowest BCUT2D eigenvalue weighted by Crippen LogP contribution is -2.09. The number of carbonyl (C=O) groups excluding carboxylic acids is 1. The van der Waals surface area contributed by atoms with Crippen LogP contribution in [0.15, 0.2) is 42.7 Å². The van der Waals surface area contributed by atoms with Crippen LogP contribution in [0.25, 0.3) is 22.2 Å². The molecule has 3 aromatic rings. The van der Waals surface area contributed by atoms with Gasteiger partial charge in [0.05, 0.1) is 11.7 Å². The van der Waals surface area contributed by atoms with Gasteiger partial charge in [-0.2, -0.15) is 5.10 Å². The molecule has 0 N–H and O–H groups in total. The van der Waals surface area contributed by atoms with Crippen molar-refractivity contribution in [2.75, 3.05) is 0 Å². The number of fused-ring (bicyclic) bond motifs is 1. The lowest BCUT2D eigenvalue weighted by molar-refractivity contribution is -0.119. The molecule has 0 aliphatic heterocycles. The maximum absolute atomic E-state index is 13.0. The van der Waals surface area contributed by atoms with E-state index in [0.717, 1.165) is 22.2 Å². The van der Waals surface area contributed by atoms with Crippen molar-refractivity contribution in [1.82, 2.24) is 14.8 Å². The van der Waals surface area contributed by atoms with Crippen LogP contribution in [-0.2, 0) is 11.3 Å². The summed E-state index contributed by atoms with van der Waals surface area (Å²) in [7, 11) is 0. The molecule has 2 aromatic heterocycles. The van der Waals surface area contributed by atoms with E-state index in [1.54, 1.807) is 29.2 Å². The summed E-state index contributed by atoms with van der Waals surface area (Å²) in [6.07, 6.45) is 3.85. The molecule has 0 unspecified atom stereocenters. The first-order chi connectivity index (χ1) is 10.2. The van der Waals surface area contributed by atoms with Gasteiger partial charge in [-0.3, -0.25) is 14.5 Å². The summed E-state index contributed by atoms with van der Waals surface area (Å²) in [5, 5.41) is 4.21. The number of carbonyl (C=O) groups is 1. The van der Waals surface area contributed by atoms with Crippen molar-refractivity contribution < 1.29 is 9.18 Å². The monoisotopic (exact) mass is 283 g/mol. The summed E-state index contributed by atoms with van der Waals surface area (Å²) < 4.78 is 14.6. The van der Waals surface area contributed by atoms with E-state index >= 15 is 0 Å². The Kier molecular flexibility index (Phi) is 3.48. The molecule has 0 atom stereocenters. The van der Waals surface area contributed by atoms with Crippen LogP contribution in [0.3, 0.4) is 0 Å². The molecule has 0 saturated carbocycles. The molecule has 0 spiro atoms. The van der Waals surface area contributed by atoms with E-state index in [1.807, 2.05) is 13.0 Å². The van der Waals surface area contributed by atoms with Crippen molar-refractivity contribution >= 4 is 16.8 Å². The first kappa shape index (κ1) is 13.4. The molecule has 0 aliphatic carbocycles. The van der Waals surface area contributed by atoms with E-state index in [-0.39, 0.29) is 18.1 Å². The highest BCUT2D eigenvalue weighted by Crippen LogP contribution is 2.23. The Morgan fingerprint density at radius 3 is 2.67 bits per heavy atom. The Hall–Kier alpha value is -2.56. The van der Waals surface area contributed by atoms with Gasteiger partial charge in [-0.15, -0.1) is 0 Å². The van der Waals surface area contributed by atoms with Gasteiger partial charge < -0.3 is 0 Å². The highest BCUT2D eigenvalue weighted by Gasteiger charge is 2.09. The molecule has 3 rings (SSSR count). The standard InChI is InChI=1S/C16H14FN3O/c1-2-14(21)10-20-16-7-12(8-18-15(16)9-19-20)11-3-5-13(17)6-4-11/h3-9H,2,10H2,1H3. The number of aromatic nitrogens is 3. The van der Waals surface area contributed by atoms with Gasteiger partial charge in [0.25, 0.3) is 0 Å². The smallest absolute Gasteiger partial charge is 0.154 e. The Balaban J connectivity index is 2.03. The summed E-state index contributed by atoms with van der Waals surface area (Å²) in [5.74, 6) is -0.154. The minimum absolute atomic E-state index is 0.118. The summed E-state index contributed by atoms with van der Waals surface area (Å²) in [5.41, 5.74) is 3.29. The molecule has 0 saturated heterocycles. The van der Waals surface area contributed by atoms with Crippen molar-refractivity contribution in [3.05, 3.63) is 48.5 Å². The van der Waals surface area contributed by atoms with Crippen LogP contribution in [0, 0.1) is 5.82 Å². The highest BCUT2D eigenvalue weighted by molar-refractivity contribution is 5.83. The number of halogens is 1. The number of hydrogen-bond acceptors (Lipinski definition) is 3. The van der Waals surface area contributed by atoms with Gasteiger partial charge in [-0.1, -0.05) is 19.1 Å². The van der Waals surface area contributed by atoms with E-state index in [0.29, 0.717) is 6.42 Å². The SMILES string of the molecule is CCC(=O)Cn1ncc2ncc(-c3ccc(F)cc3)cc21. The molecule has 106 valence electrons.